The van der Waals surface area contributed by atoms with Crippen molar-refractivity contribution in [2.24, 2.45) is 11.7 Å². The summed E-state index contributed by atoms with van der Waals surface area (Å²) >= 11 is 0. The lowest BCUT2D eigenvalue weighted by molar-refractivity contribution is 0.0813. The van der Waals surface area contributed by atoms with Gasteiger partial charge in [0.25, 0.3) is 0 Å². The number of hydrogen-bond donors (Lipinski definition) is 1. The average molecular weight is 265 g/mol. The van der Waals surface area contributed by atoms with Crippen LogP contribution in [0.5, 0.6) is 5.75 Å². The summed E-state index contributed by atoms with van der Waals surface area (Å²) in [6.45, 7) is 4.45. The molecule has 1 saturated heterocycles. The van der Waals surface area contributed by atoms with E-state index in [2.05, 4.69) is 0 Å². The van der Waals surface area contributed by atoms with E-state index in [-0.39, 0.29) is 0 Å². The molecule has 1 fully saturated rings. The van der Waals surface area contributed by atoms with E-state index in [1.54, 1.807) is 0 Å². The van der Waals surface area contributed by atoms with E-state index in [0.29, 0.717) is 19.1 Å². The topological polar surface area (TPSA) is 53.7 Å². The van der Waals surface area contributed by atoms with Crippen molar-refractivity contribution in [2.45, 2.75) is 19.4 Å². The van der Waals surface area contributed by atoms with E-state index in [9.17, 15) is 0 Å². The molecule has 0 aromatic heterocycles. The molecule has 0 spiro atoms. The first-order valence-corrected chi connectivity index (χ1v) is 6.96. The van der Waals surface area contributed by atoms with Crippen molar-refractivity contribution in [2.75, 3.05) is 33.0 Å². The maximum atomic E-state index is 5.72. The van der Waals surface area contributed by atoms with E-state index < -0.39 is 0 Å². The highest BCUT2D eigenvalue weighted by Crippen LogP contribution is 2.17. The van der Waals surface area contributed by atoms with Gasteiger partial charge in [-0.05, 0) is 12.5 Å². The molecule has 0 bridgehead atoms. The normalized spacial score (nSPS) is 18.7. The van der Waals surface area contributed by atoms with E-state index in [0.717, 1.165) is 50.6 Å². The van der Waals surface area contributed by atoms with Gasteiger partial charge in [0.15, 0.2) is 0 Å². The SMILES string of the molecule is NCc1ccccc1OCCCOCC1CCOC1. The van der Waals surface area contributed by atoms with Gasteiger partial charge in [0, 0.05) is 37.7 Å². The first-order valence-electron chi connectivity index (χ1n) is 6.96. The first kappa shape index (κ1) is 14.3. The number of rotatable bonds is 8. The molecule has 1 aliphatic heterocycles. The fourth-order valence-corrected chi connectivity index (χ4v) is 2.12. The van der Waals surface area contributed by atoms with Crippen molar-refractivity contribution < 1.29 is 14.2 Å². The van der Waals surface area contributed by atoms with Crippen molar-refractivity contribution in [3.63, 3.8) is 0 Å². The quantitative estimate of drug-likeness (QED) is 0.730. The predicted molar refractivity (Wildman–Crippen MR) is 74.2 cm³/mol. The van der Waals surface area contributed by atoms with Gasteiger partial charge in [-0.15, -0.1) is 0 Å². The number of ether oxygens (including phenoxy) is 3. The second kappa shape index (κ2) is 8.15. The van der Waals surface area contributed by atoms with Crippen molar-refractivity contribution in [3.05, 3.63) is 29.8 Å². The Hall–Kier alpha value is -1.10. The molecule has 0 aliphatic carbocycles. The molecule has 4 heteroatoms. The summed E-state index contributed by atoms with van der Waals surface area (Å²) in [4.78, 5) is 0. The molecule has 0 radical (unpaired) electrons. The molecular weight excluding hydrogens is 242 g/mol. The van der Waals surface area contributed by atoms with Crippen LogP contribution < -0.4 is 10.5 Å². The highest BCUT2D eigenvalue weighted by atomic mass is 16.5. The summed E-state index contributed by atoms with van der Waals surface area (Å²) < 4.78 is 16.6. The van der Waals surface area contributed by atoms with Gasteiger partial charge >= 0.3 is 0 Å². The first-order chi connectivity index (χ1) is 9.40. The summed E-state index contributed by atoms with van der Waals surface area (Å²) in [5.74, 6) is 1.47. The summed E-state index contributed by atoms with van der Waals surface area (Å²) in [5, 5.41) is 0. The van der Waals surface area contributed by atoms with Gasteiger partial charge in [-0.3, -0.25) is 0 Å². The van der Waals surface area contributed by atoms with Gasteiger partial charge in [0.1, 0.15) is 5.75 Å². The fourth-order valence-electron chi connectivity index (χ4n) is 2.12. The van der Waals surface area contributed by atoms with Crippen molar-refractivity contribution in [3.8, 4) is 5.75 Å². The number of para-hydroxylation sites is 1. The van der Waals surface area contributed by atoms with Crippen LogP contribution in [0.1, 0.15) is 18.4 Å². The summed E-state index contributed by atoms with van der Waals surface area (Å²) in [6.07, 6.45) is 2.02. The van der Waals surface area contributed by atoms with Crippen molar-refractivity contribution >= 4 is 0 Å². The molecule has 2 rings (SSSR count). The Kier molecular flexibility index (Phi) is 6.14. The minimum Gasteiger partial charge on any atom is -0.493 e. The second-order valence-electron chi connectivity index (χ2n) is 4.82. The zero-order valence-electron chi connectivity index (χ0n) is 11.3. The Morgan fingerprint density at radius 3 is 2.95 bits per heavy atom. The van der Waals surface area contributed by atoms with Crippen molar-refractivity contribution in [1.29, 1.82) is 0 Å². The maximum absolute atomic E-state index is 5.72. The summed E-state index contributed by atoms with van der Waals surface area (Å²) in [5.41, 5.74) is 6.70. The average Bonchev–Trinajstić information content (AvgIpc) is 2.96. The van der Waals surface area contributed by atoms with E-state index in [4.69, 9.17) is 19.9 Å². The standard InChI is InChI=1S/C15H23NO3/c16-10-14-4-1-2-5-15(14)19-8-3-7-17-11-13-6-9-18-12-13/h1-2,4-5,13H,3,6-12,16H2. The van der Waals surface area contributed by atoms with Crippen molar-refractivity contribution in [1.82, 2.24) is 0 Å². The maximum Gasteiger partial charge on any atom is 0.123 e. The molecule has 106 valence electrons. The molecule has 1 atom stereocenters. The third kappa shape index (κ3) is 4.82. The van der Waals surface area contributed by atoms with Crippen LogP contribution >= 0.6 is 0 Å². The van der Waals surface area contributed by atoms with Gasteiger partial charge in [-0.1, -0.05) is 18.2 Å². The van der Waals surface area contributed by atoms with Crippen LogP contribution in [0.3, 0.4) is 0 Å². The van der Waals surface area contributed by atoms with Crippen LogP contribution in [0.25, 0.3) is 0 Å². The molecular formula is C15H23NO3. The molecule has 0 saturated carbocycles. The van der Waals surface area contributed by atoms with Crippen LogP contribution in [0, 0.1) is 5.92 Å². The lowest BCUT2D eigenvalue weighted by Crippen LogP contribution is -2.11. The zero-order chi connectivity index (χ0) is 13.3. The van der Waals surface area contributed by atoms with Gasteiger partial charge in [-0.2, -0.15) is 0 Å². The third-order valence-electron chi connectivity index (χ3n) is 3.26. The van der Waals surface area contributed by atoms with Crippen LogP contribution in [0.4, 0.5) is 0 Å². The Morgan fingerprint density at radius 1 is 1.26 bits per heavy atom. The lowest BCUT2D eigenvalue weighted by Gasteiger charge is -2.11. The third-order valence-corrected chi connectivity index (χ3v) is 3.26. The highest BCUT2D eigenvalue weighted by Gasteiger charge is 2.15. The van der Waals surface area contributed by atoms with Crippen LogP contribution in [0.15, 0.2) is 24.3 Å². The Morgan fingerprint density at radius 2 is 2.16 bits per heavy atom. The van der Waals surface area contributed by atoms with Gasteiger partial charge in [0.05, 0.1) is 19.8 Å². The smallest absolute Gasteiger partial charge is 0.123 e. The number of nitrogens with two attached hydrogens (primary N) is 1. The molecule has 0 amide bonds. The van der Waals surface area contributed by atoms with Gasteiger partial charge in [-0.25, -0.2) is 0 Å². The molecule has 1 aromatic rings. The van der Waals surface area contributed by atoms with E-state index in [1.165, 1.54) is 0 Å². The molecule has 1 heterocycles. The molecule has 2 N–H and O–H groups in total. The minimum atomic E-state index is 0.508. The number of hydrogen-bond acceptors (Lipinski definition) is 4. The number of benzene rings is 1. The molecule has 4 nitrogen and oxygen atoms in total. The second-order valence-corrected chi connectivity index (χ2v) is 4.82. The largest absolute Gasteiger partial charge is 0.493 e. The molecule has 1 aromatic carbocycles. The Labute approximate surface area is 114 Å². The van der Waals surface area contributed by atoms with Crippen LogP contribution in [0.2, 0.25) is 0 Å². The monoisotopic (exact) mass is 265 g/mol. The summed E-state index contributed by atoms with van der Waals surface area (Å²) in [7, 11) is 0. The highest BCUT2D eigenvalue weighted by molar-refractivity contribution is 5.32. The Bertz CT molecular complexity index is 364. The van der Waals surface area contributed by atoms with E-state index in [1.807, 2.05) is 24.3 Å². The zero-order valence-corrected chi connectivity index (χ0v) is 11.3. The van der Waals surface area contributed by atoms with Crippen LogP contribution in [-0.2, 0) is 16.0 Å². The van der Waals surface area contributed by atoms with Gasteiger partial charge < -0.3 is 19.9 Å². The molecule has 1 aliphatic rings. The predicted octanol–water partition coefficient (Wildman–Crippen LogP) is 1.97. The summed E-state index contributed by atoms with van der Waals surface area (Å²) in [6, 6.07) is 7.89. The van der Waals surface area contributed by atoms with Gasteiger partial charge in [0.2, 0.25) is 0 Å². The molecule has 19 heavy (non-hydrogen) atoms. The minimum absolute atomic E-state index is 0.508. The Balaban J connectivity index is 1.56. The molecule has 1 unspecified atom stereocenters. The lowest BCUT2D eigenvalue weighted by atomic mass is 10.1. The fraction of sp³-hybridized carbons (Fsp3) is 0.600. The van der Waals surface area contributed by atoms with Crippen LogP contribution in [-0.4, -0.2) is 33.0 Å². The van der Waals surface area contributed by atoms with E-state index >= 15 is 0 Å².